The zero-order chi connectivity index (χ0) is 10.2. The van der Waals surface area contributed by atoms with Crippen molar-refractivity contribution in [3.63, 3.8) is 0 Å². The van der Waals surface area contributed by atoms with Gasteiger partial charge in [0.05, 0.1) is 6.61 Å². The number of nitrogens with two attached hydrogens (primary N) is 1. The number of nitrogens with zero attached hydrogens (tertiary/aromatic N) is 1. The molecular weight excluding hydrogens is 176 g/mol. The molecular formula is C11H24N2O. The Kier molecular flexibility index (Phi) is 6.15. The molecule has 0 saturated carbocycles. The number of ether oxygens (including phenoxy) is 1. The standard InChI is InChI=1S/C11H24N2O/c1-13(7-3-2-6-12)9-11-5-4-8-14-10-11/h11H,2-10,12H2,1H3. The molecule has 0 aromatic carbocycles. The first kappa shape index (κ1) is 12.0. The monoisotopic (exact) mass is 200 g/mol. The highest BCUT2D eigenvalue weighted by molar-refractivity contribution is 4.66. The minimum absolute atomic E-state index is 0.756. The van der Waals surface area contributed by atoms with Gasteiger partial charge in [-0.1, -0.05) is 0 Å². The van der Waals surface area contributed by atoms with Crippen LogP contribution >= 0.6 is 0 Å². The maximum atomic E-state index is 5.46. The number of unbranched alkanes of at least 4 members (excludes halogenated alkanes) is 1. The van der Waals surface area contributed by atoms with Crippen LogP contribution in [-0.2, 0) is 4.74 Å². The average molecular weight is 200 g/mol. The van der Waals surface area contributed by atoms with E-state index >= 15 is 0 Å². The largest absolute Gasteiger partial charge is 0.381 e. The Morgan fingerprint density at radius 1 is 1.43 bits per heavy atom. The summed E-state index contributed by atoms with van der Waals surface area (Å²) in [4.78, 5) is 2.41. The van der Waals surface area contributed by atoms with E-state index in [1.54, 1.807) is 0 Å². The molecule has 1 atom stereocenters. The van der Waals surface area contributed by atoms with E-state index in [9.17, 15) is 0 Å². The van der Waals surface area contributed by atoms with Gasteiger partial charge < -0.3 is 15.4 Å². The van der Waals surface area contributed by atoms with Crippen molar-refractivity contribution in [2.75, 3.05) is 39.9 Å². The third kappa shape index (κ3) is 4.94. The molecule has 84 valence electrons. The quantitative estimate of drug-likeness (QED) is 0.652. The maximum absolute atomic E-state index is 5.46. The van der Waals surface area contributed by atoms with Gasteiger partial charge in [0, 0.05) is 13.2 Å². The van der Waals surface area contributed by atoms with Crippen LogP contribution < -0.4 is 5.73 Å². The van der Waals surface area contributed by atoms with E-state index < -0.39 is 0 Å². The Balaban J connectivity index is 2.03. The molecule has 1 fully saturated rings. The van der Waals surface area contributed by atoms with Crippen molar-refractivity contribution >= 4 is 0 Å². The van der Waals surface area contributed by atoms with Crippen molar-refractivity contribution in [2.45, 2.75) is 25.7 Å². The second-order valence-electron chi connectivity index (χ2n) is 4.34. The zero-order valence-corrected chi connectivity index (χ0v) is 9.37. The van der Waals surface area contributed by atoms with Gasteiger partial charge in [0.25, 0.3) is 0 Å². The van der Waals surface area contributed by atoms with Crippen molar-refractivity contribution in [2.24, 2.45) is 11.7 Å². The molecule has 0 aromatic rings. The lowest BCUT2D eigenvalue weighted by Crippen LogP contribution is -2.31. The van der Waals surface area contributed by atoms with Crippen molar-refractivity contribution in [3.05, 3.63) is 0 Å². The molecule has 1 saturated heterocycles. The minimum Gasteiger partial charge on any atom is -0.381 e. The number of rotatable bonds is 6. The molecule has 0 amide bonds. The lowest BCUT2D eigenvalue weighted by molar-refractivity contribution is 0.0419. The minimum atomic E-state index is 0.756. The summed E-state index contributed by atoms with van der Waals surface area (Å²) in [5.41, 5.74) is 5.46. The van der Waals surface area contributed by atoms with E-state index in [1.807, 2.05) is 0 Å². The summed E-state index contributed by atoms with van der Waals surface area (Å²) in [6.07, 6.45) is 4.94. The smallest absolute Gasteiger partial charge is 0.0506 e. The van der Waals surface area contributed by atoms with Gasteiger partial charge in [-0.05, 0) is 51.7 Å². The van der Waals surface area contributed by atoms with E-state index in [4.69, 9.17) is 10.5 Å². The van der Waals surface area contributed by atoms with Crippen LogP contribution in [0.15, 0.2) is 0 Å². The topological polar surface area (TPSA) is 38.5 Å². The fourth-order valence-electron chi connectivity index (χ4n) is 2.01. The molecule has 3 nitrogen and oxygen atoms in total. The van der Waals surface area contributed by atoms with Crippen LogP contribution in [0.3, 0.4) is 0 Å². The highest BCUT2D eigenvalue weighted by Gasteiger charge is 2.15. The van der Waals surface area contributed by atoms with E-state index in [0.29, 0.717) is 0 Å². The highest BCUT2D eigenvalue weighted by atomic mass is 16.5. The normalized spacial score (nSPS) is 22.9. The van der Waals surface area contributed by atoms with E-state index in [-0.39, 0.29) is 0 Å². The molecule has 1 unspecified atom stereocenters. The molecule has 2 N–H and O–H groups in total. The van der Waals surface area contributed by atoms with Crippen LogP contribution in [0.2, 0.25) is 0 Å². The molecule has 14 heavy (non-hydrogen) atoms. The van der Waals surface area contributed by atoms with Crippen molar-refractivity contribution in [1.29, 1.82) is 0 Å². The summed E-state index contributed by atoms with van der Waals surface area (Å²) >= 11 is 0. The average Bonchev–Trinajstić information content (AvgIpc) is 2.20. The number of hydrogen-bond donors (Lipinski definition) is 1. The lowest BCUT2D eigenvalue weighted by Gasteiger charge is -2.27. The summed E-state index contributed by atoms with van der Waals surface area (Å²) in [6, 6.07) is 0. The fraction of sp³-hybridized carbons (Fsp3) is 1.00. The van der Waals surface area contributed by atoms with Crippen molar-refractivity contribution < 1.29 is 4.74 Å². The van der Waals surface area contributed by atoms with Crippen LogP contribution in [0.5, 0.6) is 0 Å². The van der Waals surface area contributed by atoms with Crippen molar-refractivity contribution in [1.82, 2.24) is 4.90 Å². The summed E-state index contributed by atoms with van der Waals surface area (Å²) in [5, 5.41) is 0. The SMILES string of the molecule is CN(CCCCN)CC1CCCOC1. The first-order valence-corrected chi connectivity index (χ1v) is 5.79. The van der Waals surface area contributed by atoms with Crippen LogP contribution in [0.25, 0.3) is 0 Å². The van der Waals surface area contributed by atoms with Gasteiger partial charge in [-0.25, -0.2) is 0 Å². The molecule has 0 bridgehead atoms. The van der Waals surface area contributed by atoms with Gasteiger partial charge >= 0.3 is 0 Å². The summed E-state index contributed by atoms with van der Waals surface area (Å²) in [7, 11) is 2.20. The third-order valence-electron chi connectivity index (χ3n) is 2.82. The Bertz CT molecular complexity index is 135. The van der Waals surface area contributed by atoms with Gasteiger partial charge in [-0.3, -0.25) is 0 Å². The molecule has 3 heteroatoms. The summed E-state index contributed by atoms with van der Waals surface area (Å²) in [5.74, 6) is 0.756. The Hall–Kier alpha value is -0.120. The molecule has 1 aliphatic rings. The predicted molar refractivity (Wildman–Crippen MR) is 59.3 cm³/mol. The third-order valence-corrected chi connectivity index (χ3v) is 2.82. The summed E-state index contributed by atoms with van der Waals surface area (Å²) < 4.78 is 5.46. The Morgan fingerprint density at radius 2 is 2.29 bits per heavy atom. The van der Waals surface area contributed by atoms with Gasteiger partial charge in [0.1, 0.15) is 0 Å². The predicted octanol–water partition coefficient (Wildman–Crippen LogP) is 1.08. The molecule has 1 aliphatic heterocycles. The second kappa shape index (κ2) is 7.21. The first-order valence-electron chi connectivity index (χ1n) is 5.79. The van der Waals surface area contributed by atoms with Gasteiger partial charge in [0.2, 0.25) is 0 Å². The Labute approximate surface area is 87.6 Å². The van der Waals surface area contributed by atoms with Crippen LogP contribution in [0.1, 0.15) is 25.7 Å². The molecule has 1 rings (SSSR count). The molecule has 0 aliphatic carbocycles. The van der Waals surface area contributed by atoms with Gasteiger partial charge in [0.15, 0.2) is 0 Å². The van der Waals surface area contributed by atoms with E-state index in [2.05, 4.69) is 11.9 Å². The van der Waals surface area contributed by atoms with Gasteiger partial charge in [-0.15, -0.1) is 0 Å². The van der Waals surface area contributed by atoms with Crippen LogP contribution in [0, 0.1) is 5.92 Å². The summed E-state index contributed by atoms with van der Waals surface area (Å²) in [6.45, 7) is 5.10. The highest BCUT2D eigenvalue weighted by Crippen LogP contribution is 2.14. The maximum Gasteiger partial charge on any atom is 0.0506 e. The second-order valence-corrected chi connectivity index (χ2v) is 4.34. The first-order chi connectivity index (χ1) is 6.83. The zero-order valence-electron chi connectivity index (χ0n) is 9.37. The molecule has 0 aromatic heterocycles. The number of hydrogen-bond acceptors (Lipinski definition) is 3. The lowest BCUT2D eigenvalue weighted by atomic mass is 10.0. The van der Waals surface area contributed by atoms with Crippen LogP contribution in [0.4, 0.5) is 0 Å². The van der Waals surface area contributed by atoms with E-state index in [0.717, 1.165) is 32.1 Å². The molecule has 1 heterocycles. The Morgan fingerprint density at radius 3 is 2.93 bits per heavy atom. The van der Waals surface area contributed by atoms with Crippen LogP contribution in [-0.4, -0.2) is 44.8 Å². The molecule has 0 spiro atoms. The van der Waals surface area contributed by atoms with Crippen molar-refractivity contribution in [3.8, 4) is 0 Å². The van der Waals surface area contributed by atoms with Gasteiger partial charge in [-0.2, -0.15) is 0 Å². The van der Waals surface area contributed by atoms with E-state index in [1.165, 1.54) is 32.4 Å². The fourth-order valence-corrected chi connectivity index (χ4v) is 2.01. The molecule has 0 radical (unpaired) electrons.